The monoisotopic (exact) mass is 404 g/mol. The van der Waals surface area contributed by atoms with E-state index in [4.69, 9.17) is 15.9 Å². The summed E-state index contributed by atoms with van der Waals surface area (Å²) in [7, 11) is 0. The molecule has 0 aromatic carbocycles. The molecule has 0 aliphatic rings. The van der Waals surface area contributed by atoms with Crippen LogP contribution in [0.4, 0.5) is 0 Å². The topological polar surface area (TPSA) is 136 Å². The van der Waals surface area contributed by atoms with Crippen molar-refractivity contribution < 1.29 is 20.4 Å². The number of nitroso groups, excluding NO2 is 1. The van der Waals surface area contributed by atoms with E-state index in [0.717, 1.165) is 64.2 Å². The van der Waals surface area contributed by atoms with Gasteiger partial charge in [0.1, 0.15) is 6.10 Å². The first-order valence-corrected chi connectivity index (χ1v) is 11.1. The van der Waals surface area contributed by atoms with Crippen LogP contribution in [0, 0.1) is 4.91 Å². The predicted molar refractivity (Wildman–Crippen MR) is 113 cm³/mol. The number of rotatable bonds is 20. The standard InChI is InChI=1S/C21H44N2O5/c1-2-3-4-10-13-18(23-28)14-11-8-6-5-7-9-12-15-19(26)20(27)21(22,16-24)17-25/h18-20,24-27H,2-17,22H2,1H3. The van der Waals surface area contributed by atoms with Gasteiger partial charge in [-0.15, -0.1) is 0 Å². The maximum Gasteiger partial charge on any atom is 0.102 e. The number of nitrogens with two attached hydrogens (primary N) is 1. The smallest absolute Gasteiger partial charge is 0.102 e. The molecule has 3 atom stereocenters. The Kier molecular flexibility index (Phi) is 16.9. The average molecular weight is 405 g/mol. The van der Waals surface area contributed by atoms with E-state index >= 15 is 0 Å². The van der Waals surface area contributed by atoms with Crippen molar-refractivity contribution in [2.75, 3.05) is 13.2 Å². The quantitative estimate of drug-likeness (QED) is 0.156. The van der Waals surface area contributed by atoms with Crippen molar-refractivity contribution in [2.24, 2.45) is 10.9 Å². The first kappa shape index (κ1) is 27.4. The normalized spacial score (nSPS) is 15.4. The minimum absolute atomic E-state index is 0.0164. The van der Waals surface area contributed by atoms with Crippen LogP contribution in [0.1, 0.15) is 96.8 Å². The fraction of sp³-hybridized carbons (Fsp3) is 1.00. The van der Waals surface area contributed by atoms with Crippen molar-refractivity contribution in [1.82, 2.24) is 0 Å². The third-order valence-corrected chi connectivity index (χ3v) is 5.62. The van der Waals surface area contributed by atoms with Crippen LogP contribution >= 0.6 is 0 Å². The maximum absolute atomic E-state index is 10.9. The molecule has 0 saturated carbocycles. The largest absolute Gasteiger partial charge is 0.394 e. The van der Waals surface area contributed by atoms with Gasteiger partial charge in [-0.2, -0.15) is 4.91 Å². The third kappa shape index (κ3) is 12.1. The molecule has 7 heteroatoms. The molecule has 0 heterocycles. The Balaban J connectivity index is 3.65. The fourth-order valence-electron chi connectivity index (χ4n) is 3.45. The number of aliphatic hydroxyl groups is 4. The van der Waals surface area contributed by atoms with Gasteiger partial charge in [-0.3, -0.25) is 0 Å². The maximum atomic E-state index is 10.9. The lowest BCUT2D eigenvalue weighted by atomic mass is 9.89. The Labute approximate surface area is 170 Å². The van der Waals surface area contributed by atoms with E-state index in [9.17, 15) is 15.1 Å². The van der Waals surface area contributed by atoms with Gasteiger partial charge >= 0.3 is 0 Å². The van der Waals surface area contributed by atoms with Gasteiger partial charge in [0, 0.05) is 0 Å². The van der Waals surface area contributed by atoms with Crippen LogP contribution in [0.25, 0.3) is 0 Å². The molecule has 0 aliphatic carbocycles. The van der Waals surface area contributed by atoms with Gasteiger partial charge < -0.3 is 26.2 Å². The molecule has 0 radical (unpaired) electrons. The number of hydrogen-bond donors (Lipinski definition) is 5. The number of aliphatic hydroxyl groups excluding tert-OH is 4. The van der Waals surface area contributed by atoms with Crippen molar-refractivity contribution in [3.05, 3.63) is 4.91 Å². The van der Waals surface area contributed by atoms with Crippen molar-refractivity contribution in [3.8, 4) is 0 Å². The molecule has 0 aromatic heterocycles. The van der Waals surface area contributed by atoms with Crippen LogP contribution in [0.15, 0.2) is 5.18 Å². The summed E-state index contributed by atoms with van der Waals surface area (Å²) in [6.45, 7) is 1.02. The number of unbranched alkanes of at least 4 members (excludes halogenated alkanes) is 9. The summed E-state index contributed by atoms with van der Waals surface area (Å²) >= 11 is 0. The molecule has 7 nitrogen and oxygen atoms in total. The Hall–Kier alpha value is -0.600. The molecular formula is C21H44N2O5. The van der Waals surface area contributed by atoms with Gasteiger partial charge in [-0.25, -0.2) is 0 Å². The van der Waals surface area contributed by atoms with Gasteiger partial charge in [0.15, 0.2) is 0 Å². The van der Waals surface area contributed by atoms with Crippen molar-refractivity contribution >= 4 is 0 Å². The van der Waals surface area contributed by atoms with E-state index < -0.39 is 31.0 Å². The molecule has 0 aromatic rings. The SMILES string of the molecule is CCCCCCC(CCCCCCCCCC(O)C(O)C(N)(CO)CO)N=O. The second kappa shape index (κ2) is 17.3. The van der Waals surface area contributed by atoms with Gasteiger partial charge in [0.05, 0.1) is 30.9 Å². The van der Waals surface area contributed by atoms with Crippen molar-refractivity contribution in [3.63, 3.8) is 0 Å². The highest BCUT2D eigenvalue weighted by molar-refractivity contribution is 4.94. The van der Waals surface area contributed by atoms with Crippen LogP contribution in [-0.4, -0.2) is 57.4 Å². The fourth-order valence-corrected chi connectivity index (χ4v) is 3.45. The second-order valence-corrected chi connectivity index (χ2v) is 8.22. The van der Waals surface area contributed by atoms with E-state index in [1.165, 1.54) is 19.3 Å². The van der Waals surface area contributed by atoms with Gasteiger partial charge in [0.25, 0.3) is 0 Å². The summed E-state index contributed by atoms with van der Waals surface area (Å²) in [4.78, 5) is 10.9. The third-order valence-electron chi connectivity index (χ3n) is 5.62. The average Bonchev–Trinajstić information content (AvgIpc) is 2.72. The van der Waals surface area contributed by atoms with Gasteiger partial charge in [-0.1, -0.05) is 82.7 Å². The first-order chi connectivity index (χ1) is 13.4. The minimum atomic E-state index is -1.57. The lowest BCUT2D eigenvalue weighted by molar-refractivity contribution is -0.0660. The molecule has 0 amide bonds. The molecule has 0 saturated heterocycles. The zero-order valence-electron chi connectivity index (χ0n) is 17.8. The zero-order chi connectivity index (χ0) is 21.3. The lowest BCUT2D eigenvalue weighted by Gasteiger charge is -2.33. The van der Waals surface area contributed by atoms with Crippen LogP contribution in [0.5, 0.6) is 0 Å². The van der Waals surface area contributed by atoms with Crippen LogP contribution in [-0.2, 0) is 0 Å². The van der Waals surface area contributed by atoms with E-state index in [1.807, 2.05) is 0 Å². The van der Waals surface area contributed by atoms with E-state index in [0.29, 0.717) is 6.42 Å². The van der Waals surface area contributed by atoms with Crippen LogP contribution in [0.3, 0.4) is 0 Å². The van der Waals surface area contributed by atoms with Gasteiger partial charge in [0.2, 0.25) is 0 Å². The molecule has 6 N–H and O–H groups in total. The Morgan fingerprint density at radius 3 is 1.64 bits per heavy atom. The van der Waals surface area contributed by atoms with Crippen molar-refractivity contribution in [1.29, 1.82) is 0 Å². The summed E-state index contributed by atoms with van der Waals surface area (Å²) in [5.74, 6) is 0. The molecular weight excluding hydrogens is 360 g/mol. The Morgan fingerprint density at radius 2 is 1.21 bits per heavy atom. The highest BCUT2D eigenvalue weighted by Crippen LogP contribution is 2.18. The van der Waals surface area contributed by atoms with E-state index in [-0.39, 0.29) is 6.04 Å². The van der Waals surface area contributed by atoms with E-state index in [1.54, 1.807) is 0 Å². The summed E-state index contributed by atoms with van der Waals surface area (Å²) in [5.41, 5.74) is 4.11. The van der Waals surface area contributed by atoms with E-state index in [2.05, 4.69) is 12.1 Å². The van der Waals surface area contributed by atoms with Crippen molar-refractivity contribution in [2.45, 2.75) is 121 Å². The molecule has 0 fully saturated rings. The molecule has 0 bridgehead atoms. The summed E-state index contributed by atoms with van der Waals surface area (Å²) < 4.78 is 0. The van der Waals surface area contributed by atoms with Gasteiger partial charge in [-0.05, 0) is 19.3 Å². The molecule has 28 heavy (non-hydrogen) atoms. The van der Waals surface area contributed by atoms with Crippen LogP contribution < -0.4 is 5.73 Å². The summed E-state index contributed by atoms with van der Waals surface area (Å²) in [6.07, 6.45) is 11.8. The lowest BCUT2D eigenvalue weighted by Crippen LogP contribution is -2.61. The Morgan fingerprint density at radius 1 is 0.786 bits per heavy atom. The predicted octanol–water partition coefficient (Wildman–Crippen LogP) is 3.01. The molecule has 3 unspecified atom stereocenters. The highest BCUT2D eigenvalue weighted by atomic mass is 16.3. The summed E-state index contributed by atoms with van der Waals surface area (Å²) in [5, 5.41) is 41.5. The van der Waals surface area contributed by atoms with Crippen LogP contribution in [0.2, 0.25) is 0 Å². The minimum Gasteiger partial charge on any atom is -0.394 e. The molecule has 168 valence electrons. The molecule has 0 aliphatic heterocycles. The first-order valence-electron chi connectivity index (χ1n) is 11.1. The Bertz CT molecular complexity index is 367. The zero-order valence-corrected chi connectivity index (χ0v) is 17.8. The second-order valence-electron chi connectivity index (χ2n) is 8.22. The molecule has 0 rings (SSSR count). The number of hydrogen-bond acceptors (Lipinski definition) is 7. The summed E-state index contributed by atoms with van der Waals surface area (Å²) in [6, 6.07) is -0.0164. The molecule has 0 spiro atoms. The highest BCUT2D eigenvalue weighted by Gasteiger charge is 2.37. The number of nitrogens with zero attached hydrogens (tertiary/aromatic N) is 1.